The van der Waals surface area contributed by atoms with Gasteiger partial charge in [-0.05, 0) is 40.9 Å². The van der Waals surface area contributed by atoms with Gasteiger partial charge in [0.25, 0.3) is 0 Å². The maximum Gasteiger partial charge on any atom is 0.220 e. The largest absolute Gasteiger partial charge is 0.394 e. The van der Waals surface area contributed by atoms with Crippen LogP contribution in [0.25, 0.3) is 0 Å². The van der Waals surface area contributed by atoms with Crippen LogP contribution in [0.4, 0.5) is 0 Å². The Morgan fingerprint density at radius 2 is 1.70 bits per heavy atom. The molecule has 0 aromatic heterocycles. The zero-order chi connectivity index (χ0) is 20.1. The van der Waals surface area contributed by atoms with Crippen molar-refractivity contribution in [3.63, 3.8) is 0 Å². The van der Waals surface area contributed by atoms with Crippen LogP contribution in [-0.2, 0) is 20.4 Å². The Bertz CT molecular complexity index is 679. The number of benzene rings is 1. The molecular weight excluding hydrogens is 342 g/mol. The number of hydrogen-bond donors (Lipinski definition) is 2. The SMILES string of the molecule is CC1(C)CCC(C)(C)c2cc(C(=O)CCC(=O)NCCOCCO)ccc21. The van der Waals surface area contributed by atoms with E-state index in [4.69, 9.17) is 9.84 Å². The molecule has 1 aliphatic rings. The summed E-state index contributed by atoms with van der Waals surface area (Å²) in [6, 6.07) is 6.05. The first-order valence-electron chi connectivity index (χ1n) is 9.81. The topological polar surface area (TPSA) is 75.6 Å². The van der Waals surface area contributed by atoms with Crippen molar-refractivity contribution in [2.45, 2.75) is 64.2 Å². The zero-order valence-corrected chi connectivity index (χ0v) is 17.1. The molecule has 0 saturated heterocycles. The molecule has 0 saturated carbocycles. The molecule has 1 aliphatic carbocycles. The Morgan fingerprint density at radius 1 is 1.04 bits per heavy atom. The van der Waals surface area contributed by atoms with E-state index in [1.54, 1.807) is 0 Å². The summed E-state index contributed by atoms with van der Waals surface area (Å²) >= 11 is 0. The van der Waals surface area contributed by atoms with E-state index in [1.807, 2.05) is 12.1 Å². The van der Waals surface area contributed by atoms with E-state index in [9.17, 15) is 9.59 Å². The third-order valence-corrected chi connectivity index (χ3v) is 5.56. The highest BCUT2D eigenvalue weighted by Gasteiger charge is 2.37. The number of Topliss-reactive ketones (excluding diaryl/α,β-unsaturated/α-hetero) is 1. The number of fused-ring (bicyclic) bond motifs is 1. The smallest absolute Gasteiger partial charge is 0.220 e. The molecule has 0 heterocycles. The van der Waals surface area contributed by atoms with Gasteiger partial charge >= 0.3 is 0 Å². The predicted octanol–water partition coefficient (Wildman–Crippen LogP) is 3.12. The minimum absolute atomic E-state index is 0.00339. The van der Waals surface area contributed by atoms with Crippen LogP contribution in [0.5, 0.6) is 0 Å². The molecule has 0 fully saturated rings. The molecule has 0 spiro atoms. The fraction of sp³-hybridized carbons (Fsp3) is 0.636. The van der Waals surface area contributed by atoms with E-state index >= 15 is 0 Å². The fourth-order valence-electron chi connectivity index (χ4n) is 3.65. The second kappa shape index (κ2) is 8.98. The molecular formula is C22H33NO4. The lowest BCUT2D eigenvalue weighted by Crippen LogP contribution is -2.34. The maximum atomic E-state index is 12.6. The fourth-order valence-corrected chi connectivity index (χ4v) is 3.65. The quantitative estimate of drug-likeness (QED) is 0.514. The molecule has 0 radical (unpaired) electrons. The molecule has 0 aliphatic heterocycles. The van der Waals surface area contributed by atoms with Crippen LogP contribution in [0.15, 0.2) is 18.2 Å². The van der Waals surface area contributed by atoms with Crippen LogP contribution in [0.1, 0.15) is 74.9 Å². The van der Waals surface area contributed by atoms with Gasteiger partial charge in [0, 0.05) is 24.9 Å². The normalized spacial score (nSPS) is 17.2. The van der Waals surface area contributed by atoms with Crippen molar-refractivity contribution in [1.82, 2.24) is 5.32 Å². The standard InChI is InChI=1S/C22H33NO4/c1-21(2)9-10-22(3,4)18-15-16(5-6-17(18)21)19(25)7-8-20(26)23-11-13-27-14-12-24/h5-6,15,24H,7-14H2,1-4H3,(H,23,26). The lowest BCUT2D eigenvalue weighted by atomic mass is 9.63. The average Bonchev–Trinajstić information content (AvgIpc) is 2.63. The second-order valence-corrected chi connectivity index (χ2v) is 8.64. The first-order chi connectivity index (χ1) is 12.7. The molecule has 2 N–H and O–H groups in total. The number of carbonyl (C=O) groups excluding carboxylic acids is 2. The van der Waals surface area contributed by atoms with Crippen LogP contribution >= 0.6 is 0 Å². The lowest BCUT2D eigenvalue weighted by Gasteiger charge is -2.42. The van der Waals surface area contributed by atoms with Gasteiger partial charge in [-0.15, -0.1) is 0 Å². The van der Waals surface area contributed by atoms with Crippen molar-refractivity contribution < 1.29 is 19.4 Å². The molecule has 0 unspecified atom stereocenters. The van der Waals surface area contributed by atoms with Crippen molar-refractivity contribution in [2.24, 2.45) is 0 Å². The minimum atomic E-state index is -0.157. The predicted molar refractivity (Wildman–Crippen MR) is 106 cm³/mol. The van der Waals surface area contributed by atoms with Crippen molar-refractivity contribution in [3.8, 4) is 0 Å². The van der Waals surface area contributed by atoms with E-state index in [0.29, 0.717) is 18.7 Å². The van der Waals surface area contributed by atoms with Crippen molar-refractivity contribution in [3.05, 3.63) is 34.9 Å². The van der Waals surface area contributed by atoms with Crippen molar-refractivity contribution in [2.75, 3.05) is 26.4 Å². The molecule has 150 valence electrons. The number of nitrogens with one attached hydrogen (secondary N) is 1. The van der Waals surface area contributed by atoms with Gasteiger partial charge in [0.2, 0.25) is 5.91 Å². The summed E-state index contributed by atoms with van der Waals surface area (Å²) in [5, 5.41) is 11.3. The van der Waals surface area contributed by atoms with Gasteiger partial charge in [0.05, 0.1) is 19.8 Å². The Balaban J connectivity index is 1.95. The minimum Gasteiger partial charge on any atom is -0.394 e. The summed E-state index contributed by atoms with van der Waals surface area (Å²) in [6.07, 6.45) is 2.62. The summed E-state index contributed by atoms with van der Waals surface area (Å²) < 4.78 is 5.09. The van der Waals surface area contributed by atoms with Crippen LogP contribution < -0.4 is 5.32 Å². The molecule has 0 atom stereocenters. The third-order valence-electron chi connectivity index (χ3n) is 5.56. The summed E-state index contributed by atoms with van der Waals surface area (Å²) in [5.74, 6) is -0.154. The van der Waals surface area contributed by atoms with Gasteiger partial charge in [0.15, 0.2) is 5.78 Å². The molecule has 2 rings (SSSR count). The number of rotatable bonds is 9. The van der Waals surface area contributed by atoms with Crippen molar-refractivity contribution in [1.29, 1.82) is 0 Å². The monoisotopic (exact) mass is 375 g/mol. The Hall–Kier alpha value is -1.72. The summed E-state index contributed by atoms with van der Waals surface area (Å²) in [5.41, 5.74) is 3.47. The number of ether oxygens (including phenoxy) is 1. The molecule has 1 aromatic rings. The number of hydrogen-bond acceptors (Lipinski definition) is 4. The Morgan fingerprint density at radius 3 is 2.37 bits per heavy atom. The van der Waals surface area contributed by atoms with E-state index < -0.39 is 0 Å². The van der Waals surface area contributed by atoms with Crippen LogP contribution in [0, 0.1) is 0 Å². The first-order valence-corrected chi connectivity index (χ1v) is 9.81. The van der Waals surface area contributed by atoms with Gasteiger partial charge in [0.1, 0.15) is 0 Å². The number of aliphatic hydroxyl groups excluding tert-OH is 1. The van der Waals surface area contributed by atoms with Crippen LogP contribution in [0.2, 0.25) is 0 Å². The van der Waals surface area contributed by atoms with Gasteiger partial charge in [-0.1, -0.05) is 39.8 Å². The summed E-state index contributed by atoms with van der Waals surface area (Å²) in [4.78, 5) is 24.5. The average molecular weight is 376 g/mol. The molecule has 5 nitrogen and oxygen atoms in total. The summed E-state index contributed by atoms with van der Waals surface area (Å²) in [6.45, 7) is 9.97. The highest BCUT2D eigenvalue weighted by Crippen LogP contribution is 2.45. The maximum absolute atomic E-state index is 12.6. The number of carbonyl (C=O) groups is 2. The van der Waals surface area contributed by atoms with E-state index in [-0.39, 0.29) is 48.6 Å². The molecule has 0 bridgehead atoms. The van der Waals surface area contributed by atoms with E-state index in [1.165, 1.54) is 11.1 Å². The van der Waals surface area contributed by atoms with Gasteiger partial charge in [-0.2, -0.15) is 0 Å². The van der Waals surface area contributed by atoms with Crippen LogP contribution in [-0.4, -0.2) is 43.2 Å². The summed E-state index contributed by atoms with van der Waals surface area (Å²) in [7, 11) is 0. The first kappa shape index (κ1) is 21.6. The van der Waals surface area contributed by atoms with Gasteiger partial charge in [-0.25, -0.2) is 0 Å². The van der Waals surface area contributed by atoms with Gasteiger partial charge < -0.3 is 15.2 Å². The van der Waals surface area contributed by atoms with E-state index in [2.05, 4.69) is 39.1 Å². The number of aliphatic hydroxyl groups is 1. The highest BCUT2D eigenvalue weighted by molar-refractivity contribution is 5.98. The van der Waals surface area contributed by atoms with Gasteiger partial charge in [-0.3, -0.25) is 9.59 Å². The Labute approximate surface area is 162 Å². The third kappa shape index (κ3) is 5.63. The lowest BCUT2D eigenvalue weighted by molar-refractivity contribution is -0.121. The van der Waals surface area contributed by atoms with Crippen LogP contribution in [0.3, 0.4) is 0 Å². The molecule has 27 heavy (non-hydrogen) atoms. The second-order valence-electron chi connectivity index (χ2n) is 8.64. The zero-order valence-electron chi connectivity index (χ0n) is 17.1. The van der Waals surface area contributed by atoms with Crippen molar-refractivity contribution >= 4 is 11.7 Å². The molecule has 1 aromatic carbocycles. The highest BCUT2D eigenvalue weighted by atomic mass is 16.5. The van der Waals surface area contributed by atoms with E-state index in [0.717, 1.165) is 12.8 Å². The number of amides is 1. The molecule has 5 heteroatoms. The number of ketones is 1. The Kier molecular flexibility index (Phi) is 7.18. The molecule has 1 amide bonds.